The number of rotatable bonds is 4. The van der Waals surface area contributed by atoms with Crippen LogP contribution in [0.5, 0.6) is 0 Å². The van der Waals surface area contributed by atoms with Crippen LogP contribution in [-0.2, 0) is 4.79 Å². The maximum absolute atomic E-state index is 9.97. The summed E-state index contributed by atoms with van der Waals surface area (Å²) >= 11 is 0. The first-order valence-electron chi connectivity index (χ1n) is 2.72. The van der Waals surface area contributed by atoms with E-state index in [1.165, 1.54) is 0 Å². The summed E-state index contributed by atoms with van der Waals surface area (Å²) in [5.41, 5.74) is 0.143. The molecule has 0 aliphatic rings. The van der Waals surface area contributed by atoms with Crippen molar-refractivity contribution in [3.63, 3.8) is 0 Å². The first-order chi connectivity index (χ1) is 4.18. The maximum atomic E-state index is 9.97. The lowest BCUT2D eigenvalue weighted by Gasteiger charge is -2.03. The third-order valence-electron chi connectivity index (χ3n) is 0.965. The number of nitrogens with one attached hydrogen (secondary N) is 1. The van der Waals surface area contributed by atoms with Gasteiger partial charge in [0, 0.05) is 0 Å². The van der Waals surface area contributed by atoms with Crippen molar-refractivity contribution in [1.82, 2.24) is 5.32 Å². The average molecular weight is 128 g/mol. The standard InChI is InChI=1S/C6H11NO2/c1-5(6(8)9)3-4-7-2/h7H,1,3-4H2,2H3,(H,8,9)/p-1. The Bertz CT molecular complexity index is 120. The molecule has 9 heavy (non-hydrogen) atoms. The van der Waals surface area contributed by atoms with Crippen molar-refractivity contribution in [1.29, 1.82) is 0 Å². The van der Waals surface area contributed by atoms with E-state index in [1.807, 2.05) is 0 Å². The lowest BCUT2D eigenvalue weighted by atomic mass is 10.2. The fourth-order valence-electron chi connectivity index (χ4n) is 0.378. The Hall–Kier alpha value is -0.830. The van der Waals surface area contributed by atoms with Crippen LogP contribution in [0, 0.1) is 0 Å². The van der Waals surface area contributed by atoms with Crippen LogP contribution in [0.25, 0.3) is 0 Å². The van der Waals surface area contributed by atoms with Crippen molar-refractivity contribution in [2.24, 2.45) is 0 Å². The van der Waals surface area contributed by atoms with Gasteiger partial charge < -0.3 is 15.2 Å². The highest BCUT2D eigenvalue weighted by atomic mass is 16.4. The molecule has 0 aromatic carbocycles. The molecule has 0 saturated heterocycles. The van der Waals surface area contributed by atoms with Gasteiger partial charge in [0.15, 0.2) is 0 Å². The molecular formula is C6H10NO2-. The number of carbonyl (C=O) groups is 1. The fourth-order valence-corrected chi connectivity index (χ4v) is 0.378. The minimum Gasteiger partial charge on any atom is -0.545 e. The lowest BCUT2D eigenvalue weighted by Crippen LogP contribution is -2.25. The van der Waals surface area contributed by atoms with Gasteiger partial charge in [0.25, 0.3) is 0 Å². The van der Waals surface area contributed by atoms with Gasteiger partial charge in [0.05, 0.1) is 5.97 Å². The summed E-state index contributed by atoms with van der Waals surface area (Å²) in [6.45, 7) is 3.92. The van der Waals surface area contributed by atoms with Crippen LogP contribution in [0.3, 0.4) is 0 Å². The van der Waals surface area contributed by atoms with Gasteiger partial charge in [-0.1, -0.05) is 6.58 Å². The molecule has 3 nitrogen and oxygen atoms in total. The van der Waals surface area contributed by atoms with Crippen molar-refractivity contribution < 1.29 is 9.90 Å². The summed E-state index contributed by atoms with van der Waals surface area (Å²) in [4.78, 5) is 9.97. The second-order valence-electron chi connectivity index (χ2n) is 1.74. The molecule has 3 heteroatoms. The zero-order valence-corrected chi connectivity index (χ0v) is 5.44. The molecule has 0 fully saturated rings. The number of carboxylic acid groups (broad SMARTS) is 1. The van der Waals surface area contributed by atoms with E-state index in [2.05, 4.69) is 11.9 Å². The minimum absolute atomic E-state index is 0.143. The molecule has 0 atom stereocenters. The monoisotopic (exact) mass is 128 g/mol. The molecule has 0 radical (unpaired) electrons. The molecule has 1 N–H and O–H groups in total. The molecular weight excluding hydrogens is 118 g/mol. The SMILES string of the molecule is C=C(CCNC)C(=O)[O-]. The fraction of sp³-hybridized carbons (Fsp3) is 0.500. The van der Waals surface area contributed by atoms with Crippen LogP contribution in [0.1, 0.15) is 6.42 Å². The van der Waals surface area contributed by atoms with Crippen LogP contribution in [0.2, 0.25) is 0 Å². The average Bonchev–Trinajstić information content (AvgIpc) is 1.82. The molecule has 52 valence electrons. The molecule has 0 aromatic heterocycles. The largest absolute Gasteiger partial charge is 0.545 e. The third-order valence-corrected chi connectivity index (χ3v) is 0.965. The molecule has 0 aliphatic carbocycles. The van der Waals surface area contributed by atoms with E-state index in [0.29, 0.717) is 13.0 Å². The van der Waals surface area contributed by atoms with E-state index >= 15 is 0 Å². The molecule has 0 amide bonds. The molecule has 0 aliphatic heterocycles. The molecule has 0 spiro atoms. The summed E-state index contributed by atoms with van der Waals surface area (Å²) in [6, 6.07) is 0. The molecule has 0 heterocycles. The summed E-state index contributed by atoms with van der Waals surface area (Å²) in [6.07, 6.45) is 0.443. The highest BCUT2D eigenvalue weighted by Crippen LogP contribution is 1.91. The van der Waals surface area contributed by atoms with Crippen molar-refractivity contribution in [2.75, 3.05) is 13.6 Å². The number of carbonyl (C=O) groups excluding carboxylic acids is 1. The Morgan fingerprint density at radius 1 is 1.78 bits per heavy atom. The van der Waals surface area contributed by atoms with Gasteiger partial charge >= 0.3 is 0 Å². The van der Waals surface area contributed by atoms with Gasteiger partial charge in [-0.2, -0.15) is 0 Å². The van der Waals surface area contributed by atoms with Crippen molar-refractivity contribution in [3.05, 3.63) is 12.2 Å². The van der Waals surface area contributed by atoms with Crippen LogP contribution in [-0.4, -0.2) is 19.6 Å². The third kappa shape index (κ3) is 3.73. The number of hydrogen-bond acceptors (Lipinski definition) is 3. The molecule has 0 rings (SSSR count). The van der Waals surface area contributed by atoms with Gasteiger partial charge in [-0.15, -0.1) is 0 Å². The summed E-state index contributed by atoms with van der Waals surface area (Å²) < 4.78 is 0. The predicted octanol–water partition coefficient (Wildman–Crippen LogP) is -1.10. The highest BCUT2D eigenvalue weighted by Gasteiger charge is 1.91. The predicted molar refractivity (Wildman–Crippen MR) is 32.7 cm³/mol. The molecule has 0 bridgehead atoms. The van der Waals surface area contributed by atoms with Crippen LogP contribution < -0.4 is 10.4 Å². The van der Waals surface area contributed by atoms with E-state index in [-0.39, 0.29) is 5.57 Å². The zero-order valence-electron chi connectivity index (χ0n) is 5.44. The Kier molecular flexibility index (Phi) is 3.71. The van der Waals surface area contributed by atoms with Crippen LogP contribution in [0.4, 0.5) is 0 Å². The molecule has 0 saturated carbocycles. The number of aliphatic carboxylic acids is 1. The summed E-state index contributed by atoms with van der Waals surface area (Å²) in [7, 11) is 1.75. The number of carboxylic acids is 1. The summed E-state index contributed by atoms with van der Waals surface area (Å²) in [5, 5.41) is 12.8. The Labute approximate surface area is 54.4 Å². The Morgan fingerprint density at radius 2 is 2.33 bits per heavy atom. The lowest BCUT2D eigenvalue weighted by molar-refractivity contribution is -0.299. The first-order valence-corrected chi connectivity index (χ1v) is 2.72. The van der Waals surface area contributed by atoms with Crippen LogP contribution >= 0.6 is 0 Å². The smallest absolute Gasteiger partial charge is 0.0669 e. The second-order valence-corrected chi connectivity index (χ2v) is 1.74. The topological polar surface area (TPSA) is 52.2 Å². The Balaban J connectivity index is 3.39. The van der Waals surface area contributed by atoms with Crippen molar-refractivity contribution >= 4 is 5.97 Å². The molecule has 0 aromatic rings. The van der Waals surface area contributed by atoms with Gasteiger partial charge in [-0.3, -0.25) is 0 Å². The minimum atomic E-state index is -1.16. The highest BCUT2D eigenvalue weighted by molar-refractivity contribution is 5.83. The first kappa shape index (κ1) is 8.17. The van der Waals surface area contributed by atoms with Crippen molar-refractivity contribution in [3.8, 4) is 0 Å². The zero-order chi connectivity index (χ0) is 7.28. The molecule has 0 unspecified atom stereocenters. The Morgan fingerprint density at radius 3 is 2.67 bits per heavy atom. The van der Waals surface area contributed by atoms with E-state index in [9.17, 15) is 9.90 Å². The second kappa shape index (κ2) is 4.09. The number of hydrogen-bond donors (Lipinski definition) is 1. The normalized spacial score (nSPS) is 9.00. The summed E-state index contributed by atoms with van der Waals surface area (Å²) in [5.74, 6) is -1.16. The van der Waals surface area contributed by atoms with Gasteiger partial charge in [0.2, 0.25) is 0 Å². The van der Waals surface area contributed by atoms with Gasteiger partial charge in [-0.05, 0) is 25.6 Å². The quantitative estimate of drug-likeness (QED) is 0.489. The van der Waals surface area contributed by atoms with Crippen molar-refractivity contribution in [2.45, 2.75) is 6.42 Å². The van der Waals surface area contributed by atoms with Crippen LogP contribution in [0.15, 0.2) is 12.2 Å². The van der Waals surface area contributed by atoms with E-state index in [4.69, 9.17) is 0 Å². The maximum Gasteiger partial charge on any atom is 0.0669 e. The van der Waals surface area contributed by atoms with Gasteiger partial charge in [-0.25, -0.2) is 0 Å². The van der Waals surface area contributed by atoms with Gasteiger partial charge in [0.1, 0.15) is 0 Å². The van der Waals surface area contributed by atoms with E-state index < -0.39 is 5.97 Å². The van der Waals surface area contributed by atoms with E-state index in [0.717, 1.165) is 0 Å². The van der Waals surface area contributed by atoms with E-state index in [1.54, 1.807) is 7.05 Å².